The molecular weight excluding hydrogens is 312 g/mol. The number of benzene rings is 2. The third-order valence-electron chi connectivity index (χ3n) is 4.06. The molecule has 120 valence electrons. The average molecular weight is 331 g/mol. The van der Waals surface area contributed by atoms with Crippen LogP contribution >= 0.6 is 11.6 Å². The second kappa shape index (κ2) is 7.02. The van der Waals surface area contributed by atoms with Gasteiger partial charge in [-0.3, -0.25) is 9.69 Å². The molecule has 1 heterocycles. The lowest BCUT2D eigenvalue weighted by atomic mass is 10.1. The molecule has 1 amide bonds. The number of rotatable bonds is 4. The van der Waals surface area contributed by atoms with Gasteiger partial charge < -0.3 is 10.4 Å². The Labute approximate surface area is 140 Å². The molecule has 0 bridgehead atoms. The van der Waals surface area contributed by atoms with Crippen LogP contribution in [0.3, 0.4) is 0 Å². The summed E-state index contributed by atoms with van der Waals surface area (Å²) >= 11 is 5.89. The maximum atomic E-state index is 12.3. The summed E-state index contributed by atoms with van der Waals surface area (Å²) in [6, 6.07) is 14.9. The topological polar surface area (TPSA) is 52.6 Å². The molecule has 1 aliphatic rings. The van der Waals surface area contributed by atoms with E-state index in [4.69, 9.17) is 11.6 Å². The lowest BCUT2D eigenvalue weighted by Crippen LogP contribution is -2.37. The molecule has 1 atom stereocenters. The first kappa shape index (κ1) is 15.8. The van der Waals surface area contributed by atoms with Gasteiger partial charge in [-0.2, -0.15) is 0 Å². The molecule has 5 heteroatoms. The molecular formula is C18H19ClN2O2. The van der Waals surface area contributed by atoms with Crippen LogP contribution in [0.15, 0.2) is 48.5 Å². The molecule has 3 rings (SSSR count). The minimum Gasteiger partial charge on any atom is -0.507 e. The minimum absolute atomic E-state index is 0.0500. The van der Waals surface area contributed by atoms with Gasteiger partial charge in [0.2, 0.25) is 0 Å². The predicted octanol–water partition coefficient (Wildman–Crippen LogP) is 3.05. The maximum absolute atomic E-state index is 12.3. The first-order valence-electron chi connectivity index (χ1n) is 7.67. The quantitative estimate of drug-likeness (QED) is 0.906. The number of likely N-dealkylation sites (tertiary alicyclic amines) is 1. The van der Waals surface area contributed by atoms with E-state index in [9.17, 15) is 9.90 Å². The van der Waals surface area contributed by atoms with Crippen molar-refractivity contribution in [1.82, 2.24) is 10.2 Å². The first-order valence-corrected chi connectivity index (χ1v) is 8.05. The van der Waals surface area contributed by atoms with Crippen LogP contribution in [0.5, 0.6) is 5.75 Å². The summed E-state index contributed by atoms with van der Waals surface area (Å²) in [6.45, 7) is 2.64. The zero-order valence-corrected chi connectivity index (χ0v) is 13.5. The number of halogens is 1. The van der Waals surface area contributed by atoms with Gasteiger partial charge in [0.25, 0.3) is 5.91 Å². The van der Waals surface area contributed by atoms with E-state index >= 15 is 0 Å². The summed E-state index contributed by atoms with van der Waals surface area (Å²) in [5.74, 6) is -0.331. The second-order valence-electron chi connectivity index (χ2n) is 5.84. The number of nitrogens with zero attached hydrogens (tertiary/aromatic N) is 1. The van der Waals surface area contributed by atoms with E-state index in [0.29, 0.717) is 5.02 Å². The lowest BCUT2D eigenvalue weighted by molar-refractivity contribution is 0.0935. The second-order valence-corrected chi connectivity index (χ2v) is 6.28. The van der Waals surface area contributed by atoms with Crippen molar-refractivity contribution in [2.24, 2.45) is 0 Å². The van der Waals surface area contributed by atoms with Crippen molar-refractivity contribution >= 4 is 17.5 Å². The van der Waals surface area contributed by atoms with Gasteiger partial charge in [0.1, 0.15) is 5.75 Å². The molecule has 2 aromatic carbocycles. The highest BCUT2D eigenvalue weighted by Gasteiger charge is 2.25. The van der Waals surface area contributed by atoms with Crippen LogP contribution in [-0.4, -0.2) is 35.0 Å². The number of amides is 1. The van der Waals surface area contributed by atoms with Crippen molar-refractivity contribution in [1.29, 1.82) is 0 Å². The fourth-order valence-electron chi connectivity index (χ4n) is 2.89. The molecule has 0 saturated carbocycles. The fraction of sp³-hybridized carbons (Fsp3) is 0.278. The summed E-state index contributed by atoms with van der Waals surface area (Å²) in [4.78, 5) is 14.6. The number of carbonyl (C=O) groups is 1. The molecule has 2 aromatic rings. The Morgan fingerprint density at radius 1 is 1.26 bits per heavy atom. The molecule has 1 saturated heterocycles. The third kappa shape index (κ3) is 4.03. The van der Waals surface area contributed by atoms with Crippen LogP contribution in [0, 0.1) is 0 Å². The van der Waals surface area contributed by atoms with Crippen LogP contribution in [0.2, 0.25) is 5.02 Å². The van der Waals surface area contributed by atoms with Crippen molar-refractivity contribution in [3.8, 4) is 5.75 Å². The molecule has 0 radical (unpaired) electrons. The number of nitrogens with one attached hydrogen (secondary N) is 1. The van der Waals surface area contributed by atoms with Crippen LogP contribution in [0.1, 0.15) is 22.3 Å². The monoisotopic (exact) mass is 330 g/mol. The third-order valence-corrected chi connectivity index (χ3v) is 4.29. The van der Waals surface area contributed by atoms with E-state index in [1.807, 2.05) is 18.2 Å². The number of hydrogen-bond donors (Lipinski definition) is 2. The summed E-state index contributed by atoms with van der Waals surface area (Å²) in [7, 11) is 0. The first-order chi connectivity index (χ1) is 11.1. The van der Waals surface area contributed by atoms with Crippen LogP contribution in [0.25, 0.3) is 0 Å². The van der Waals surface area contributed by atoms with Crippen molar-refractivity contribution in [2.75, 3.05) is 13.1 Å². The standard InChI is InChI=1S/C18H19ClN2O2/c19-14-6-7-17(22)16(10-14)18(23)20-15-8-9-21(12-15)11-13-4-2-1-3-5-13/h1-7,10,15,22H,8-9,11-12H2,(H,20,23). The van der Waals surface area contributed by atoms with Gasteiger partial charge >= 0.3 is 0 Å². The zero-order valence-electron chi connectivity index (χ0n) is 12.7. The van der Waals surface area contributed by atoms with Crippen molar-refractivity contribution < 1.29 is 9.90 Å². The number of phenols is 1. The molecule has 4 nitrogen and oxygen atoms in total. The molecule has 1 aliphatic heterocycles. The minimum atomic E-state index is -0.281. The highest BCUT2D eigenvalue weighted by Crippen LogP contribution is 2.22. The Morgan fingerprint density at radius 2 is 2.04 bits per heavy atom. The maximum Gasteiger partial charge on any atom is 0.255 e. The van der Waals surface area contributed by atoms with Crippen LogP contribution in [0.4, 0.5) is 0 Å². The molecule has 1 unspecified atom stereocenters. The van der Waals surface area contributed by atoms with E-state index < -0.39 is 0 Å². The summed E-state index contributed by atoms with van der Waals surface area (Å²) in [5, 5.41) is 13.2. The Bertz CT molecular complexity index is 691. The largest absolute Gasteiger partial charge is 0.507 e. The Balaban J connectivity index is 1.57. The highest BCUT2D eigenvalue weighted by molar-refractivity contribution is 6.31. The molecule has 0 aromatic heterocycles. The highest BCUT2D eigenvalue weighted by atomic mass is 35.5. The normalized spacial score (nSPS) is 18.0. The van der Waals surface area contributed by atoms with Crippen molar-refractivity contribution in [2.45, 2.75) is 19.0 Å². The zero-order chi connectivity index (χ0) is 16.2. The smallest absolute Gasteiger partial charge is 0.255 e. The van der Waals surface area contributed by atoms with Gasteiger partial charge in [-0.15, -0.1) is 0 Å². The Hall–Kier alpha value is -2.04. The van der Waals surface area contributed by atoms with Crippen molar-refractivity contribution in [3.05, 3.63) is 64.7 Å². The predicted molar refractivity (Wildman–Crippen MR) is 90.7 cm³/mol. The van der Waals surface area contributed by atoms with E-state index in [0.717, 1.165) is 26.1 Å². The number of hydrogen-bond acceptors (Lipinski definition) is 3. The van der Waals surface area contributed by atoms with Gasteiger partial charge in [0, 0.05) is 30.7 Å². The molecule has 2 N–H and O–H groups in total. The molecule has 0 spiro atoms. The molecule has 0 aliphatic carbocycles. The number of carbonyl (C=O) groups excluding carboxylic acids is 1. The fourth-order valence-corrected chi connectivity index (χ4v) is 3.06. The van der Waals surface area contributed by atoms with Crippen LogP contribution in [-0.2, 0) is 6.54 Å². The van der Waals surface area contributed by atoms with Gasteiger partial charge in [-0.25, -0.2) is 0 Å². The summed E-state index contributed by atoms with van der Waals surface area (Å²) < 4.78 is 0. The van der Waals surface area contributed by atoms with Gasteiger partial charge in [0.15, 0.2) is 0 Å². The van der Waals surface area contributed by atoms with E-state index in [1.54, 1.807) is 6.07 Å². The average Bonchev–Trinajstić information content (AvgIpc) is 2.97. The number of phenolic OH excluding ortho intramolecular Hbond substituents is 1. The number of aromatic hydroxyl groups is 1. The summed E-state index contributed by atoms with van der Waals surface area (Å²) in [5.41, 5.74) is 1.49. The molecule has 23 heavy (non-hydrogen) atoms. The Morgan fingerprint density at radius 3 is 2.83 bits per heavy atom. The van der Waals surface area contributed by atoms with Gasteiger partial charge in [-0.1, -0.05) is 41.9 Å². The summed E-state index contributed by atoms with van der Waals surface area (Å²) in [6.07, 6.45) is 0.903. The van der Waals surface area contributed by atoms with E-state index in [-0.39, 0.29) is 23.3 Å². The van der Waals surface area contributed by atoms with E-state index in [1.165, 1.54) is 17.7 Å². The van der Waals surface area contributed by atoms with E-state index in [2.05, 4.69) is 22.3 Å². The van der Waals surface area contributed by atoms with Gasteiger partial charge in [0.05, 0.1) is 5.56 Å². The lowest BCUT2D eigenvalue weighted by Gasteiger charge is -2.17. The Kier molecular flexibility index (Phi) is 4.84. The van der Waals surface area contributed by atoms with Gasteiger partial charge in [-0.05, 0) is 30.2 Å². The SMILES string of the molecule is O=C(NC1CCN(Cc2ccccc2)C1)c1cc(Cl)ccc1O. The van der Waals surface area contributed by atoms with Crippen LogP contribution < -0.4 is 5.32 Å². The van der Waals surface area contributed by atoms with Crippen molar-refractivity contribution in [3.63, 3.8) is 0 Å². The molecule has 1 fully saturated rings.